The molecule has 1 aromatic heterocycles. The Labute approximate surface area is 219 Å². The smallest absolute Gasteiger partial charge is 0.267 e. The molecule has 1 atom stereocenters. The van der Waals surface area contributed by atoms with Gasteiger partial charge in [0.2, 0.25) is 0 Å². The highest BCUT2D eigenvalue weighted by atomic mass is 16.5. The number of ether oxygens (including phenoxy) is 1. The van der Waals surface area contributed by atoms with Crippen molar-refractivity contribution in [2.45, 2.75) is 85.8 Å². The van der Waals surface area contributed by atoms with Crippen LogP contribution >= 0.6 is 0 Å². The van der Waals surface area contributed by atoms with Crippen molar-refractivity contribution in [1.82, 2.24) is 14.8 Å². The molecule has 0 radical (unpaired) electrons. The monoisotopic (exact) mass is 499 g/mol. The molecule has 0 aliphatic heterocycles. The van der Waals surface area contributed by atoms with E-state index >= 15 is 0 Å². The van der Waals surface area contributed by atoms with Crippen LogP contribution in [0.5, 0.6) is 5.75 Å². The second kappa shape index (κ2) is 12.8. The average Bonchev–Trinajstić information content (AvgIpc) is 3.26. The van der Waals surface area contributed by atoms with E-state index in [-0.39, 0.29) is 23.3 Å². The lowest BCUT2D eigenvalue weighted by atomic mass is 9.72. The van der Waals surface area contributed by atoms with Gasteiger partial charge in [0.1, 0.15) is 18.1 Å². The molecule has 2 aromatic rings. The zero-order chi connectivity index (χ0) is 27.1. The normalized spacial score (nSPS) is 13.2. The number of aliphatic hydroxyl groups excluding tert-OH is 1. The first-order chi connectivity index (χ1) is 16.9. The second-order valence-corrected chi connectivity index (χ2v) is 11.2. The van der Waals surface area contributed by atoms with Crippen molar-refractivity contribution in [3.05, 3.63) is 52.8 Å². The third kappa shape index (κ3) is 6.92. The van der Waals surface area contributed by atoms with Crippen molar-refractivity contribution >= 4 is 5.91 Å². The topological polar surface area (TPSA) is 66.7 Å². The number of carbonyl (C=O) groups excluding carboxylic acids is 1. The summed E-state index contributed by atoms with van der Waals surface area (Å²) in [5.74, 6) is 0.784. The van der Waals surface area contributed by atoms with Gasteiger partial charge in [-0.25, -0.2) is 0 Å². The lowest BCUT2D eigenvalue weighted by Crippen LogP contribution is -2.33. The maximum absolute atomic E-state index is 13.0. The van der Waals surface area contributed by atoms with E-state index in [1.165, 1.54) is 11.3 Å². The minimum absolute atomic E-state index is 0.0136. The number of carbonyl (C=O) groups is 1. The number of amides is 1. The van der Waals surface area contributed by atoms with Crippen LogP contribution in [-0.2, 0) is 12.0 Å². The number of hydrogen-bond donors (Lipinski definition) is 2. The fourth-order valence-electron chi connectivity index (χ4n) is 4.81. The molecule has 2 N–H and O–H groups in total. The maximum atomic E-state index is 13.0. The summed E-state index contributed by atoms with van der Waals surface area (Å²) in [5.41, 5.74) is 3.72. The first-order valence-corrected chi connectivity index (χ1v) is 13.5. The number of rotatable bonds is 13. The van der Waals surface area contributed by atoms with Gasteiger partial charge in [-0.05, 0) is 88.5 Å². The molecule has 1 heterocycles. The first-order valence-electron chi connectivity index (χ1n) is 13.5. The standard InChI is InChI=1S/C30H49N3O3/c1-10-30(11-2,23-14-16-25(22(4)20-23)36-21-27(34)29(5,6)7)26-17-15-24(33(26)12-3)28(35)31-18-13-19-32(8)9/h14-17,20,27,34H,10-13,18-19,21H2,1-9H3,(H,31,35). The lowest BCUT2D eigenvalue weighted by molar-refractivity contribution is 0.0216. The van der Waals surface area contributed by atoms with Crippen LogP contribution in [0.25, 0.3) is 0 Å². The molecule has 1 unspecified atom stereocenters. The molecule has 0 aliphatic rings. The van der Waals surface area contributed by atoms with Crippen LogP contribution in [0, 0.1) is 12.3 Å². The van der Waals surface area contributed by atoms with Gasteiger partial charge < -0.3 is 24.6 Å². The number of benzene rings is 1. The van der Waals surface area contributed by atoms with E-state index in [4.69, 9.17) is 4.74 Å². The Morgan fingerprint density at radius 3 is 2.31 bits per heavy atom. The Morgan fingerprint density at radius 2 is 1.78 bits per heavy atom. The molecule has 0 fully saturated rings. The number of aromatic nitrogens is 1. The average molecular weight is 500 g/mol. The number of nitrogens with one attached hydrogen (secondary N) is 1. The predicted molar refractivity (Wildman–Crippen MR) is 149 cm³/mol. The quantitative estimate of drug-likeness (QED) is 0.363. The highest BCUT2D eigenvalue weighted by Gasteiger charge is 2.35. The molecule has 6 heteroatoms. The largest absolute Gasteiger partial charge is 0.491 e. The van der Waals surface area contributed by atoms with E-state index in [9.17, 15) is 9.90 Å². The fourth-order valence-corrected chi connectivity index (χ4v) is 4.81. The molecular weight excluding hydrogens is 450 g/mol. The molecule has 0 bridgehead atoms. The van der Waals surface area contributed by atoms with Gasteiger partial charge in [-0.1, -0.05) is 46.8 Å². The number of aryl methyl sites for hydroxylation is 1. The lowest BCUT2D eigenvalue weighted by Gasteiger charge is -2.35. The Bertz CT molecular complexity index is 984. The third-order valence-corrected chi connectivity index (χ3v) is 7.42. The molecule has 0 aliphatic carbocycles. The van der Waals surface area contributed by atoms with Crippen molar-refractivity contribution in [1.29, 1.82) is 0 Å². The van der Waals surface area contributed by atoms with Crippen molar-refractivity contribution in [3.8, 4) is 5.75 Å². The number of nitrogens with zero attached hydrogens (tertiary/aromatic N) is 2. The third-order valence-electron chi connectivity index (χ3n) is 7.42. The van der Waals surface area contributed by atoms with Gasteiger partial charge in [0.25, 0.3) is 5.91 Å². The molecule has 0 saturated carbocycles. The minimum atomic E-state index is -0.540. The zero-order valence-electron chi connectivity index (χ0n) is 24.1. The molecule has 2 rings (SSSR count). The summed E-state index contributed by atoms with van der Waals surface area (Å²) in [6.07, 6.45) is 2.22. The molecular formula is C30H49N3O3. The SMILES string of the molecule is CCn1c(C(=O)NCCCN(C)C)ccc1C(CC)(CC)c1ccc(OCC(O)C(C)(C)C)c(C)c1. The van der Waals surface area contributed by atoms with Crippen LogP contribution in [0.2, 0.25) is 0 Å². The maximum Gasteiger partial charge on any atom is 0.267 e. The summed E-state index contributed by atoms with van der Waals surface area (Å²) in [4.78, 5) is 15.2. The van der Waals surface area contributed by atoms with E-state index in [1.807, 2.05) is 47.0 Å². The van der Waals surface area contributed by atoms with Gasteiger partial charge >= 0.3 is 0 Å². The summed E-state index contributed by atoms with van der Waals surface area (Å²) in [7, 11) is 4.09. The van der Waals surface area contributed by atoms with Crippen molar-refractivity contribution in [2.24, 2.45) is 5.41 Å². The number of aliphatic hydroxyl groups is 1. The van der Waals surface area contributed by atoms with Gasteiger partial charge in [0, 0.05) is 24.2 Å². The second-order valence-electron chi connectivity index (χ2n) is 11.2. The summed E-state index contributed by atoms with van der Waals surface area (Å²) in [6, 6.07) is 10.5. The number of hydrogen-bond acceptors (Lipinski definition) is 4. The molecule has 0 spiro atoms. The summed E-state index contributed by atoms with van der Waals surface area (Å²) in [6.45, 7) is 17.2. The van der Waals surface area contributed by atoms with Crippen molar-refractivity contribution in [2.75, 3.05) is 33.8 Å². The van der Waals surface area contributed by atoms with Crippen LogP contribution in [0.1, 0.15) is 88.1 Å². The summed E-state index contributed by atoms with van der Waals surface area (Å²) >= 11 is 0. The molecule has 1 aromatic carbocycles. The highest BCUT2D eigenvalue weighted by Crippen LogP contribution is 2.41. The Morgan fingerprint density at radius 1 is 1.11 bits per heavy atom. The van der Waals surface area contributed by atoms with Gasteiger partial charge in [0.05, 0.1) is 6.10 Å². The molecule has 0 saturated heterocycles. The van der Waals surface area contributed by atoms with E-state index in [0.717, 1.165) is 49.4 Å². The van der Waals surface area contributed by atoms with Crippen LogP contribution in [0.4, 0.5) is 0 Å². The van der Waals surface area contributed by atoms with Gasteiger partial charge in [0.15, 0.2) is 0 Å². The molecule has 1 amide bonds. The fraction of sp³-hybridized carbons (Fsp3) is 0.633. The van der Waals surface area contributed by atoms with Crippen LogP contribution in [-0.4, -0.2) is 60.4 Å². The molecule has 6 nitrogen and oxygen atoms in total. The summed E-state index contributed by atoms with van der Waals surface area (Å²) < 4.78 is 8.17. The Hall–Kier alpha value is -2.31. The van der Waals surface area contributed by atoms with Crippen LogP contribution in [0.15, 0.2) is 30.3 Å². The first kappa shape index (κ1) is 29.9. The predicted octanol–water partition coefficient (Wildman–Crippen LogP) is 5.39. The molecule has 36 heavy (non-hydrogen) atoms. The van der Waals surface area contributed by atoms with E-state index in [1.54, 1.807) is 0 Å². The van der Waals surface area contributed by atoms with Crippen LogP contribution in [0.3, 0.4) is 0 Å². The van der Waals surface area contributed by atoms with E-state index < -0.39 is 6.10 Å². The molecule has 202 valence electrons. The van der Waals surface area contributed by atoms with Crippen molar-refractivity contribution < 1.29 is 14.6 Å². The van der Waals surface area contributed by atoms with Gasteiger partial charge in [-0.2, -0.15) is 0 Å². The van der Waals surface area contributed by atoms with E-state index in [2.05, 4.69) is 60.7 Å². The summed E-state index contributed by atoms with van der Waals surface area (Å²) in [5, 5.41) is 13.5. The van der Waals surface area contributed by atoms with Crippen LogP contribution < -0.4 is 10.1 Å². The van der Waals surface area contributed by atoms with E-state index in [0.29, 0.717) is 6.54 Å². The minimum Gasteiger partial charge on any atom is -0.491 e. The van der Waals surface area contributed by atoms with Gasteiger partial charge in [-0.3, -0.25) is 4.79 Å². The van der Waals surface area contributed by atoms with Gasteiger partial charge in [-0.15, -0.1) is 0 Å². The Balaban J connectivity index is 2.34. The van der Waals surface area contributed by atoms with Crippen molar-refractivity contribution in [3.63, 3.8) is 0 Å². The highest BCUT2D eigenvalue weighted by molar-refractivity contribution is 5.93. The zero-order valence-corrected chi connectivity index (χ0v) is 24.1. The Kier molecular flexibility index (Phi) is 10.6.